The van der Waals surface area contributed by atoms with Crippen LogP contribution in [0, 0.1) is 10.1 Å². The van der Waals surface area contributed by atoms with Gasteiger partial charge in [-0.2, -0.15) is 4.99 Å². The van der Waals surface area contributed by atoms with E-state index >= 15 is 0 Å². The maximum Gasteiger partial charge on any atom is 0.343 e. The van der Waals surface area contributed by atoms with Gasteiger partial charge in [-0.1, -0.05) is 0 Å². The number of carbonyl (C=O) groups excluding carboxylic acids is 2. The molecule has 1 heterocycles. The predicted octanol–water partition coefficient (Wildman–Crippen LogP) is -0.0487. The second kappa shape index (κ2) is 4.87. The molecule has 1 atom stereocenters. The van der Waals surface area contributed by atoms with Crippen molar-refractivity contribution in [3.8, 4) is 0 Å². The van der Waals surface area contributed by atoms with Gasteiger partial charge in [0.15, 0.2) is 4.80 Å². The largest absolute Gasteiger partial charge is 0.368 e. The fraction of sp³-hybridized carbons (Fsp3) is 0.375. The van der Waals surface area contributed by atoms with Gasteiger partial charge in [-0.25, -0.2) is 0 Å². The number of thiazole rings is 1. The first kappa shape index (κ1) is 13.0. The van der Waals surface area contributed by atoms with E-state index in [1.54, 1.807) is 0 Å². The molecular weight excluding hydrogens is 248 g/mol. The topological polar surface area (TPSA) is 121 Å². The zero-order valence-electron chi connectivity index (χ0n) is 9.11. The van der Waals surface area contributed by atoms with Crippen LogP contribution in [0.15, 0.2) is 11.2 Å². The summed E-state index contributed by atoms with van der Waals surface area (Å²) in [4.78, 5) is 35.6. The fourth-order valence-electron chi connectivity index (χ4n) is 1.06. The van der Waals surface area contributed by atoms with E-state index in [9.17, 15) is 19.7 Å². The van der Waals surface area contributed by atoms with Gasteiger partial charge in [-0.3, -0.25) is 19.7 Å². The SMILES string of the molecule is CC(=O)N=c1sc([N+](=O)[O-])cn1C(C)C(N)=O. The molecule has 0 aliphatic heterocycles. The van der Waals surface area contributed by atoms with Gasteiger partial charge in [0.05, 0.1) is 11.1 Å². The minimum absolute atomic E-state index is 0.0792. The Hall–Kier alpha value is -2.03. The summed E-state index contributed by atoms with van der Waals surface area (Å²) in [6.07, 6.45) is 1.14. The highest BCUT2D eigenvalue weighted by molar-refractivity contribution is 7.12. The molecule has 0 aromatic carbocycles. The summed E-state index contributed by atoms with van der Waals surface area (Å²) in [6, 6.07) is -0.807. The predicted molar refractivity (Wildman–Crippen MR) is 59.1 cm³/mol. The zero-order valence-corrected chi connectivity index (χ0v) is 9.93. The lowest BCUT2D eigenvalue weighted by molar-refractivity contribution is -0.380. The molecule has 2 N–H and O–H groups in total. The van der Waals surface area contributed by atoms with Crippen molar-refractivity contribution in [2.24, 2.45) is 10.7 Å². The number of hydrogen-bond acceptors (Lipinski definition) is 5. The fourth-order valence-corrected chi connectivity index (χ4v) is 1.98. The van der Waals surface area contributed by atoms with Gasteiger partial charge < -0.3 is 10.3 Å². The molecule has 2 amide bonds. The van der Waals surface area contributed by atoms with Crippen molar-refractivity contribution >= 4 is 28.2 Å². The molecular formula is C8H10N4O4S. The minimum Gasteiger partial charge on any atom is -0.368 e. The van der Waals surface area contributed by atoms with Crippen LogP contribution >= 0.6 is 11.3 Å². The second-order valence-electron chi connectivity index (χ2n) is 3.23. The number of nitro groups is 1. The lowest BCUT2D eigenvalue weighted by Gasteiger charge is -2.07. The first-order valence-corrected chi connectivity index (χ1v) is 5.35. The van der Waals surface area contributed by atoms with E-state index in [0.717, 1.165) is 6.20 Å². The number of rotatable bonds is 3. The number of amides is 2. The number of nitrogens with zero attached hydrogens (tertiary/aromatic N) is 3. The Morgan fingerprint density at radius 2 is 2.24 bits per heavy atom. The second-order valence-corrected chi connectivity index (χ2v) is 4.21. The molecule has 1 aromatic rings. The van der Waals surface area contributed by atoms with Gasteiger partial charge in [-0.05, 0) is 18.3 Å². The summed E-state index contributed by atoms with van der Waals surface area (Å²) in [7, 11) is 0. The van der Waals surface area contributed by atoms with Crippen LogP contribution in [0.2, 0.25) is 0 Å². The van der Waals surface area contributed by atoms with E-state index in [4.69, 9.17) is 5.73 Å². The molecule has 0 fully saturated rings. The van der Waals surface area contributed by atoms with Crippen LogP contribution in [-0.2, 0) is 9.59 Å². The van der Waals surface area contributed by atoms with E-state index in [0.29, 0.717) is 11.3 Å². The molecule has 0 saturated heterocycles. The molecule has 1 aromatic heterocycles. The Morgan fingerprint density at radius 1 is 1.65 bits per heavy atom. The van der Waals surface area contributed by atoms with Crippen molar-refractivity contribution in [3.63, 3.8) is 0 Å². The normalized spacial score (nSPS) is 13.4. The van der Waals surface area contributed by atoms with Crippen LogP contribution in [0.5, 0.6) is 0 Å². The summed E-state index contributed by atoms with van der Waals surface area (Å²) < 4.78 is 1.21. The van der Waals surface area contributed by atoms with Crippen LogP contribution in [-0.4, -0.2) is 21.3 Å². The standard InChI is InChI=1S/C8H10N4O4S/c1-4(7(9)14)11-3-6(12(15)16)17-8(11)10-5(2)13/h3-4H,1-2H3,(H2,9,14). The van der Waals surface area contributed by atoms with Gasteiger partial charge in [-0.15, -0.1) is 0 Å². The highest BCUT2D eigenvalue weighted by Gasteiger charge is 2.19. The highest BCUT2D eigenvalue weighted by atomic mass is 32.1. The molecule has 0 spiro atoms. The van der Waals surface area contributed by atoms with Crippen molar-refractivity contribution in [1.82, 2.24) is 4.57 Å². The smallest absolute Gasteiger partial charge is 0.343 e. The van der Waals surface area contributed by atoms with Crippen LogP contribution in [0.4, 0.5) is 5.00 Å². The first-order chi connectivity index (χ1) is 7.82. The number of primary amides is 1. The number of nitrogens with two attached hydrogens (primary N) is 1. The third-order valence-electron chi connectivity index (χ3n) is 1.93. The van der Waals surface area contributed by atoms with Crippen molar-refractivity contribution in [2.45, 2.75) is 19.9 Å². The molecule has 1 unspecified atom stereocenters. The Morgan fingerprint density at radius 3 is 2.65 bits per heavy atom. The number of hydrogen-bond donors (Lipinski definition) is 1. The minimum atomic E-state index is -0.807. The lowest BCUT2D eigenvalue weighted by atomic mass is 10.3. The summed E-state index contributed by atoms with van der Waals surface area (Å²) in [5.74, 6) is -1.17. The monoisotopic (exact) mass is 258 g/mol. The van der Waals surface area contributed by atoms with Crippen molar-refractivity contribution in [1.29, 1.82) is 0 Å². The summed E-state index contributed by atoms with van der Waals surface area (Å²) in [5.41, 5.74) is 5.10. The highest BCUT2D eigenvalue weighted by Crippen LogP contribution is 2.17. The molecule has 92 valence electrons. The van der Waals surface area contributed by atoms with Gasteiger partial charge >= 0.3 is 5.00 Å². The van der Waals surface area contributed by atoms with E-state index in [2.05, 4.69) is 4.99 Å². The quantitative estimate of drug-likeness (QED) is 0.603. The van der Waals surface area contributed by atoms with Crippen LogP contribution < -0.4 is 10.5 Å². The Balaban J connectivity index is 3.41. The van der Waals surface area contributed by atoms with Gasteiger partial charge in [0, 0.05) is 6.92 Å². The maximum atomic E-state index is 11.0. The molecule has 17 heavy (non-hydrogen) atoms. The molecule has 9 heteroatoms. The molecule has 0 radical (unpaired) electrons. The van der Waals surface area contributed by atoms with Gasteiger partial charge in [0.1, 0.15) is 6.04 Å². The Kier molecular flexibility index (Phi) is 3.73. The van der Waals surface area contributed by atoms with Crippen molar-refractivity contribution in [2.75, 3.05) is 0 Å². The zero-order chi connectivity index (χ0) is 13.2. The van der Waals surface area contributed by atoms with E-state index < -0.39 is 22.8 Å². The van der Waals surface area contributed by atoms with E-state index in [-0.39, 0.29) is 9.80 Å². The molecule has 0 bridgehead atoms. The third kappa shape index (κ3) is 2.97. The van der Waals surface area contributed by atoms with Gasteiger partial charge in [0.2, 0.25) is 11.8 Å². The van der Waals surface area contributed by atoms with E-state index in [1.165, 1.54) is 18.4 Å². The molecule has 0 aliphatic carbocycles. The van der Waals surface area contributed by atoms with E-state index in [1.807, 2.05) is 0 Å². The van der Waals surface area contributed by atoms with Crippen LogP contribution in [0.1, 0.15) is 19.9 Å². The Labute approximate surface area is 99.5 Å². The molecule has 8 nitrogen and oxygen atoms in total. The number of carbonyl (C=O) groups is 2. The average Bonchev–Trinajstić information content (AvgIpc) is 2.59. The third-order valence-corrected chi connectivity index (χ3v) is 2.88. The summed E-state index contributed by atoms with van der Waals surface area (Å²) in [6.45, 7) is 2.68. The summed E-state index contributed by atoms with van der Waals surface area (Å²) >= 11 is 0.710. The molecule has 0 aliphatic rings. The van der Waals surface area contributed by atoms with Gasteiger partial charge in [0.25, 0.3) is 0 Å². The molecule has 0 saturated carbocycles. The first-order valence-electron chi connectivity index (χ1n) is 4.54. The lowest BCUT2D eigenvalue weighted by Crippen LogP contribution is -2.29. The van der Waals surface area contributed by atoms with Crippen LogP contribution in [0.25, 0.3) is 0 Å². The average molecular weight is 258 g/mol. The summed E-state index contributed by atoms with van der Waals surface area (Å²) in [5, 5.41) is 10.4. The number of aromatic nitrogens is 1. The maximum absolute atomic E-state index is 11.0. The van der Waals surface area contributed by atoms with Crippen molar-refractivity contribution < 1.29 is 14.5 Å². The molecule has 1 rings (SSSR count). The van der Waals surface area contributed by atoms with Crippen LogP contribution in [0.3, 0.4) is 0 Å². The van der Waals surface area contributed by atoms with Crippen molar-refractivity contribution in [3.05, 3.63) is 21.1 Å². The Bertz CT molecular complexity index is 544.